The lowest BCUT2D eigenvalue weighted by molar-refractivity contribution is -0.143. The van der Waals surface area contributed by atoms with E-state index in [9.17, 15) is 31.1 Å². The Balaban J connectivity index is 2.32. The van der Waals surface area contributed by atoms with E-state index in [4.69, 9.17) is 5.26 Å². The lowest BCUT2D eigenvalue weighted by atomic mass is 10.0. The van der Waals surface area contributed by atoms with Crippen molar-refractivity contribution >= 4 is 5.91 Å². The molecule has 1 unspecified atom stereocenters. The smallest absolute Gasteiger partial charge is 0.346 e. The number of nitriles is 1. The van der Waals surface area contributed by atoms with Crippen molar-refractivity contribution < 1.29 is 31.1 Å². The van der Waals surface area contributed by atoms with Gasteiger partial charge in [-0.2, -0.15) is 31.6 Å². The molecule has 2 rings (SSSR count). The van der Waals surface area contributed by atoms with Crippen molar-refractivity contribution in [1.29, 1.82) is 5.26 Å². The van der Waals surface area contributed by atoms with Crippen LogP contribution in [0.3, 0.4) is 0 Å². The van der Waals surface area contributed by atoms with Gasteiger partial charge >= 0.3 is 12.4 Å². The fourth-order valence-corrected chi connectivity index (χ4v) is 2.30. The minimum atomic E-state index is -5.03. The van der Waals surface area contributed by atoms with E-state index in [1.54, 1.807) is 0 Å². The average Bonchev–Trinajstić information content (AvgIpc) is 2.59. The number of benzene rings is 2. The number of amides is 1. The molecule has 3 nitrogen and oxygen atoms in total. The Kier molecular flexibility index (Phi) is 5.49. The van der Waals surface area contributed by atoms with Crippen LogP contribution in [0.5, 0.6) is 0 Å². The van der Waals surface area contributed by atoms with Gasteiger partial charge in [0.1, 0.15) is 0 Å². The van der Waals surface area contributed by atoms with Crippen molar-refractivity contribution in [3.8, 4) is 6.07 Å². The molecule has 27 heavy (non-hydrogen) atoms. The van der Waals surface area contributed by atoms with Crippen molar-refractivity contribution in [3.63, 3.8) is 0 Å². The summed E-state index contributed by atoms with van der Waals surface area (Å²) in [5.74, 6) is -1.08. The highest BCUT2D eigenvalue weighted by atomic mass is 19.4. The maximum atomic E-state index is 12.9. The number of nitrogens with one attached hydrogen (secondary N) is 1. The van der Waals surface area contributed by atoms with Gasteiger partial charge < -0.3 is 5.32 Å². The van der Waals surface area contributed by atoms with Crippen LogP contribution in [-0.4, -0.2) is 5.91 Å². The molecule has 1 N–H and O–H groups in total. The summed E-state index contributed by atoms with van der Waals surface area (Å²) in [6, 6.07) is 7.90. The van der Waals surface area contributed by atoms with Crippen LogP contribution in [0.2, 0.25) is 0 Å². The molecule has 0 saturated carbocycles. The summed E-state index contributed by atoms with van der Waals surface area (Å²) in [4.78, 5) is 12.2. The van der Waals surface area contributed by atoms with Crippen molar-refractivity contribution in [3.05, 3.63) is 70.3 Å². The Hall–Kier alpha value is -3.02. The minimum absolute atomic E-state index is 0.0409. The predicted molar refractivity (Wildman–Crippen MR) is 83.5 cm³/mol. The molecule has 2 aromatic rings. The standard InChI is InChI=1S/C18H12F6N2O/c1-10(12-4-2-11(9-25)3-5-12)26-16(27)13-6-14(17(19,20)21)8-15(7-13)18(22,23)24/h2-8,10H,1H3,(H,26,27). The van der Waals surface area contributed by atoms with Crippen LogP contribution in [-0.2, 0) is 12.4 Å². The van der Waals surface area contributed by atoms with Crippen LogP contribution < -0.4 is 5.32 Å². The summed E-state index contributed by atoms with van der Waals surface area (Å²) in [7, 11) is 0. The zero-order valence-electron chi connectivity index (χ0n) is 13.7. The molecular weight excluding hydrogens is 374 g/mol. The van der Waals surface area contributed by atoms with E-state index in [-0.39, 0.29) is 6.07 Å². The van der Waals surface area contributed by atoms with Gasteiger partial charge in [-0.25, -0.2) is 0 Å². The highest BCUT2D eigenvalue weighted by molar-refractivity contribution is 5.95. The quantitative estimate of drug-likeness (QED) is 0.748. The molecule has 0 bridgehead atoms. The van der Waals surface area contributed by atoms with E-state index in [1.165, 1.54) is 31.2 Å². The highest BCUT2D eigenvalue weighted by Gasteiger charge is 2.37. The van der Waals surface area contributed by atoms with Crippen LogP contribution in [0.4, 0.5) is 26.3 Å². The van der Waals surface area contributed by atoms with E-state index in [1.807, 2.05) is 6.07 Å². The lowest BCUT2D eigenvalue weighted by Crippen LogP contribution is -2.27. The number of hydrogen-bond donors (Lipinski definition) is 1. The zero-order valence-corrected chi connectivity index (χ0v) is 13.7. The summed E-state index contributed by atoms with van der Waals surface area (Å²) in [6.45, 7) is 1.51. The van der Waals surface area contributed by atoms with Gasteiger partial charge in [-0.05, 0) is 42.8 Å². The van der Waals surface area contributed by atoms with Crippen LogP contribution in [0.1, 0.15) is 45.6 Å². The van der Waals surface area contributed by atoms with E-state index in [0.29, 0.717) is 23.3 Å². The van der Waals surface area contributed by atoms with Crippen LogP contribution in [0.15, 0.2) is 42.5 Å². The molecular formula is C18H12F6N2O. The second-order valence-corrected chi connectivity index (χ2v) is 5.72. The number of alkyl halides is 6. The topological polar surface area (TPSA) is 52.9 Å². The number of rotatable bonds is 3. The SMILES string of the molecule is CC(NC(=O)c1cc(C(F)(F)F)cc(C(F)(F)F)c1)c1ccc(C#N)cc1. The molecule has 0 spiro atoms. The Labute approximate surface area is 150 Å². The van der Waals surface area contributed by atoms with Crippen molar-refractivity contribution in [2.75, 3.05) is 0 Å². The van der Waals surface area contributed by atoms with E-state index >= 15 is 0 Å². The molecule has 1 amide bonds. The van der Waals surface area contributed by atoms with Gasteiger partial charge in [-0.15, -0.1) is 0 Å². The first-order valence-electron chi connectivity index (χ1n) is 7.52. The number of nitrogens with zero attached hydrogens (tertiary/aromatic N) is 1. The molecule has 9 heteroatoms. The Morgan fingerprint density at radius 1 is 0.963 bits per heavy atom. The second-order valence-electron chi connectivity index (χ2n) is 5.72. The molecule has 1 atom stereocenters. The lowest BCUT2D eigenvalue weighted by Gasteiger charge is -2.17. The Morgan fingerprint density at radius 3 is 1.85 bits per heavy atom. The van der Waals surface area contributed by atoms with Gasteiger partial charge in [0.15, 0.2) is 0 Å². The maximum Gasteiger partial charge on any atom is 0.416 e. The van der Waals surface area contributed by atoms with Gasteiger partial charge in [0.2, 0.25) is 0 Å². The van der Waals surface area contributed by atoms with Gasteiger partial charge in [0, 0.05) is 5.56 Å². The molecule has 2 aromatic carbocycles. The number of halogens is 6. The third-order valence-electron chi connectivity index (χ3n) is 3.74. The molecule has 0 aliphatic heterocycles. The number of carbonyl (C=O) groups is 1. The van der Waals surface area contributed by atoms with Crippen molar-refractivity contribution in [2.24, 2.45) is 0 Å². The first-order valence-corrected chi connectivity index (χ1v) is 7.52. The fraction of sp³-hybridized carbons (Fsp3) is 0.222. The average molecular weight is 386 g/mol. The molecule has 0 heterocycles. The number of hydrogen-bond acceptors (Lipinski definition) is 2. The van der Waals surface area contributed by atoms with Gasteiger partial charge in [-0.3, -0.25) is 4.79 Å². The molecule has 0 saturated heterocycles. The normalized spacial score (nSPS) is 13.0. The summed E-state index contributed by atoms with van der Waals surface area (Å²) in [6.07, 6.45) is -10.1. The van der Waals surface area contributed by atoms with Gasteiger partial charge in [-0.1, -0.05) is 12.1 Å². The molecule has 0 radical (unpaired) electrons. The fourth-order valence-electron chi connectivity index (χ4n) is 2.30. The predicted octanol–water partition coefficient (Wildman–Crippen LogP) is 5.09. The summed E-state index contributed by atoms with van der Waals surface area (Å²) in [5, 5.41) is 11.1. The summed E-state index contributed by atoms with van der Waals surface area (Å²) < 4.78 is 77.2. The highest BCUT2D eigenvalue weighted by Crippen LogP contribution is 2.36. The minimum Gasteiger partial charge on any atom is -0.346 e. The second kappa shape index (κ2) is 7.31. The van der Waals surface area contributed by atoms with Crippen LogP contribution >= 0.6 is 0 Å². The monoisotopic (exact) mass is 386 g/mol. The first-order chi connectivity index (χ1) is 12.4. The maximum absolute atomic E-state index is 12.9. The van der Waals surface area contributed by atoms with Gasteiger partial charge in [0.05, 0.1) is 28.8 Å². The Bertz CT molecular complexity index is 846. The summed E-state index contributed by atoms with van der Waals surface area (Å²) >= 11 is 0. The van der Waals surface area contributed by atoms with E-state index in [2.05, 4.69) is 5.32 Å². The third kappa shape index (κ3) is 5.00. The van der Waals surface area contributed by atoms with Crippen molar-refractivity contribution in [2.45, 2.75) is 25.3 Å². The van der Waals surface area contributed by atoms with Crippen LogP contribution in [0.25, 0.3) is 0 Å². The van der Waals surface area contributed by atoms with Crippen molar-refractivity contribution in [1.82, 2.24) is 5.32 Å². The third-order valence-corrected chi connectivity index (χ3v) is 3.74. The molecule has 142 valence electrons. The summed E-state index contributed by atoms with van der Waals surface area (Å²) in [5.41, 5.74) is -2.98. The zero-order chi connectivity index (χ0) is 20.4. The van der Waals surface area contributed by atoms with Crippen LogP contribution in [0, 0.1) is 11.3 Å². The molecule has 0 aromatic heterocycles. The number of carbonyl (C=O) groups excluding carboxylic acids is 1. The first kappa shape index (κ1) is 20.3. The largest absolute Gasteiger partial charge is 0.416 e. The molecule has 0 aliphatic rings. The molecule has 0 aliphatic carbocycles. The Morgan fingerprint density at radius 2 is 1.44 bits per heavy atom. The van der Waals surface area contributed by atoms with Gasteiger partial charge in [0.25, 0.3) is 5.91 Å². The van der Waals surface area contributed by atoms with E-state index in [0.717, 1.165) is 0 Å². The molecule has 0 fully saturated rings. The van der Waals surface area contributed by atoms with E-state index < -0.39 is 41.0 Å².